The average molecular weight is 460 g/mol. The summed E-state index contributed by atoms with van der Waals surface area (Å²) in [4.78, 5) is 12.3. The van der Waals surface area contributed by atoms with E-state index in [9.17, 15) is 13.2 Å². The number of nitrogens with one attached hydrogen (secondary N) is 1. The van der Waals surface area contributed by atoms with Crippen LogP contribution in [0.15, 0.2) is 21.6 Å². The van der Waals surface area contributed by atoms with Crippen molar-refractivity contribution in [1.82, 2.24) is 14.8 Å². The number of aromatic nitrogens is 1. The number of piperidine rings is 1. The van der Waals surface area contributed by atoms with Crippen LogP contribution in [0.3, 0.4) is 0 Å². The van der Waals surface area contributed by atoms with Gasteiger partial charge in [0.1, 0.15) is 5.69 Å². The molecule has 1 aliphatic rings. The third kappa shape index (κ3) is 5.13. The number of hydrogen-bond donors (Lipinski definition) is 1. The number of amides is 1. The van der Waals surface area contributed by atoms with Gasteiger partial charge in [0.15, 0.2) is 10.7 Å². The van der Waals surface area contributed by atoms with Crippen LogP contribution in [0.25, 0.3) is 12.2 Å². The van der Waals surface area contributed by atoms with Crippen molar-refractivity contribution in [3.05, 3.63) is 45.8 Å². The predicted molar refractivity (Wildman–Crippen MR) is 126 cm³/mol. The molecule has 7 nitrogen and oxygen atoms in total. The average Bonchev–Trinajstić information content (AvgIpc) is 3.12. The first-order valence-corrected chi connectivity index (χ1v) is 12.6. The number of aryl methyl sites for hydroxylation is 4. The molecule has 3 rings (SSSR count). The number of rotatable bonds is 7. The maximum absolute atomic E-state index is 13.4. The molecule has 1 N–H and O–H groups in total. The lowest BCUT2D eigenvalue weighted by molar-refractivity contribution is -0.126. The quantitative estimate of drug-likeness (QED) is 0.675. The zero-order chi connectivity index (χ0) is 23.5. The number of nitrogens with zero attached hydrogens (tertiary/aromatic N) is 2. The Morgan fingerprint density at radius 1 is 1.16 bits per heavy atom. The van der Waals surface area contributed by atoms with Gasteiger partial charge in [-0.1, -0.05) is 35.9 Å². The lowest BCUT2D eigenvalue weighted by Crippen LogP contribution is -2.43. The zero-order valence-electron chi connectivity index (χ0n) is 19.6. The maximum Gasteiger partial charge on any atom is 0.248 e. The molecule has 1 fully saturated rings. The molecule has 8 heteroatoms. The third-order valence-electron chi connectivity index (χ3n) is 5.94. The number of sulfonamides is 1. The van der Waals surface area contributed by atoms with E-state index in [-0.39, 0.29) is 22.5 Å². The molecular weight excluding hydrogens is 426 g/mol. The van der Waals surface area contributed by atoms with Crippen LogP contribution in [0, 0.1) is 33.6 Å². The van der Waals surface area contributed by atoms with Crippen LogP contribution in [-0.2, 0) is 14.8 Å². The first-order chi connectivity index (χ1) is 15.1. The Bertz CT molecular complexity index is 1090. The van der Waals surface area contributed by atoms with Crippen molar-refractivity contribution < 1.29 is 17.7 Å². The highest BCUT2D eigenvalue weighted by atomic mass is 32.2. The minimum absolute atomic E-state index is 0.0116. The van der Waals surface area contributed by atoms with Crippen LogP contribution < -0.4 is 5.32 Å². The number of carbonyl (C=O) groups excluding carboxylic acids is 1. The molecule has 0 bridgehead atoms. The van der Waals surface area contributed by atoms with E-state index in [1.807, 2.05) is 26.8 Å². The van der Waals surface area contributed by atoms with Gasteiger partial charge in [-0.25, -0.2) is 8.42 Å². The topological polar surface area (TPSA) is 92.5 Å². The smallest absolute Gasteiger partial charge is 0.248 e. The van der Waals surface area contributed by atoms with E-state index in [1.165, 1.54) is 9.87 Å². The van der Waals surface area contributed by atoms with Crippen LogP contribution in [0.2, 0.25) is 0 Å². The summed E-state index contributed by atoms with van der Waals surface area (Å²) in [6.45, 7) is 11.0. The Labute approximate surface area is 190 Å². The van der Waals surface area contributed by atoms with E-state index in [0.29, 0.717) is 38.2 Å². The molecule has 32 heavy (non-hydrogen) atoms. The van der Waals surface area contributed by atoms with Gasteiger partial charge in [-0.05, 0) is 69.7 Å². The van der Waals surface area contributed by atoms with Gasteiger partial charge >= 0.3 is 0 Å². The van der Waals surface area contributed by atoms with Crippen LogP contribution in [-0.4, -0.2) is 43.4 Å². The maximum atomic E-state index is 13.4. The zero-order valence-corrected chi connectivity index (χ0v) is 20.4. The fourth-order valence-electron chi connectivity index (χ4n) is 4.29. The molecule has 1 amide bonds. The first kappa shape index (κ1) is 24.2. The van der Waals surface area contributed by atoms with Gasteiger partial charge in [0.05, 0.1) is 0 Å². The van der Waals surface area contributed by atoms with Crippen LogP contribution >= 0.6 is 0 Å². The Kier molecular flexibility index (Phi) is 7.56. The number of benzene rings is 1. The molecule has 2 heterocycles. The molecule has 0 atom stereocenters. The van der Waals surface area contributed by atoms with Crippen molar-refractivity contribution >= 4 is 28.1 Å². The van der Waals surface area contributed by atoms with Crippen molar-refractivity contribution in [2.75, 3.05) is 19.6 Å². The number of hydrogen-bond acceptors (Lipinski definition) is 5. The minimum atomic E-state index is -3.78. The van der Waals surface area contributed by atoms with Crippen molar-refractivity contribution in [3.63, 3.8) is 0 Å². The van der Waals surface area contributed by atoms with Gasteiger partial charge in [-0.15, -0.1) is 0 Å². The van der Waals surface area contributed by atoms with Crippen LogP contribution in [0.4, 0.5) is 0 Å². The molecule has 2 aromatic rings. The molecule has 0 aliphatic carbocycles. The van der Waals surface area contributed by atoms with Crippen molar-refractivity contribution in [2.45, 2.75) is 58.8 Å². The molecule has 1 aromatic carbocycles. The van der Waals surface area contributed by atoms with Crippen LogP contribution in [0.5, 0.6) is 0 Å². The second-order valence-electron chi connectivity index (χ2n) is 8.58. The standard InChI is InChI=1S/C24H33N3O4S/c1-6-11-25-24(28)20-9-12-27(13-10-20)32(29,30)23-19(5)26-31-22(23)8-7-21-17(3)14-16(2)15-18(21)4/h7-8,14-15,20H,6,9-13H2,1-5H3,(H,25,28)/b8-7+. The fourth-order valence-corrected chi connectivity index (χ4v) is 6.01. The highest BCUT2D eigenvalue weighted by Gasteiger charge is 2.35. The minimum Gasteiger partial charge on any atom is -0.356 e. The van der Waals surface area contributed by atoms with Crippen molar-refractivity contribution in [3.8, 4) is 0 Å². The fraction of sp³-hybridized carbons (Fsp3) is 0.500. The molecule has 1 saturated heterocycles. The Hall–Kier alpha value is -2.45. The van der Waals surface area contributed by atoms with E-state index in [2.05, 4.69) is 29.5 Å². The summed E-state index contributed by atoms with van der Waals surface area (Å²) >= 11 is 0. The normalized spacial score (nSPS) is 16.0. The largest absolute Gasteiger partial charge is 0.356 e. The summed E-state index contributed by atoms with van der Waals surface area (Å²) < 4.78 is 33.7. The summed E-state index contributed by atoms with van der Waals surface area (Å²) in [5.74, 6) is 0.0885. The van der Waals surface area contributed by atoms with Gasteiger partial charge in [-0.2, -0.15) is 4.31 Å². The summed E-state index contributed by atoms with van der Waals surface area (Å²) in [7, 11) is -3.78. The van der Waals surface area contributed by atoms with E-state index < -0.39 is 10.0 Å². The first-order valence-electron chi connectivity index (χ1n) is 11.1. The summed E-state index contributed by atoms with van der Waals surface area (Å²) in [5, 5.41) is 6.83. The molecule has 0 saturated carbocycles. The number of carbonyl (C=O) groups is 1. The second-order valence-corrected chi connectivity index (χ2v) is 10.5. The molecule has 0 unspecified atom stereocenters. The van der Waals surface area contributed by atoms with E-state index in [1.54, 1.807) is 13.0 Å². The Balaban J connectivity index is 1.81. The summed E-state index contributed by atoms with van der Waals surface area (Å²) in [6, 6.07) is 4.19. The van der Waals surface area contributed by atoms with Gasteiger partial charge in [0.2, 0.25) is 15.9 Å². The second kappa shape index (κ2) is 10.0. The van der Waals surface area contributed by atoms with E-state index in [4.69, 9.17) is 4.52 Å². The molecule has 0 radical (unpaired) electrons. The van der Waals surface area contributed by atoms with Gasteiger partial charge in [-0.3, -0.25) is 4.79 Å². The predicted octanol–water partition coefficient (Wildman–Crippen LogP) is 4.01. The van der Waals surface area contributed by atoms with E-state index in [0.717, 1.165) is 23.1 Å². The molecule has 0 spiro atoms. The molecule has 174 valence electrons. The van der Waals surface area contributed by atoms with Gasteiger partial charge in [0.25, 0.3) is 0 Å². The van der Waals surface area contributed by atoms with Gasteiger partial charge in [0, 0.05) is 25.6 Å². The third-order valence-corrected chi connectivity index (χ3v) is 8.00. The Morgan fingerprint density at radius 2 is 1.78 bits per heavy atom. The Morgan fingerprint density at radius 3 is 2.38 bits per heavy atom. The lowest BCUT2D eigenvalue weighted by atomic mass is 9.97. The van der Waals surface area contributed by atoms with Crippen molar-refractivity contribution in [2.24, 2.45) is 5.92 Å². The highest BCUT2D eigenvalue weighted by Crippen LogP contribution is 2.30. The molecule has 1 aromatic heterocycles. The lowest BCUT2D eigenvalue weighted by Gasteiger charge is -2.30. The van der Waals surface area contributed by atoms with Crippen molar-refractivity contribution in [1.29, 1.82) is 0 Å². The van der Waals surface area contributed by atoms with Gasteiger partial charge < -0.3 is 9.84 Å². The summed E-state index contributed by atoms with van der Waals surface area (Å²) in [5.41, 5.74) is 4.78. The summed E-state index contributed by atoms with van der Waals surface area (Å²) in [6.07, 6.45) is 5.46. The van der Waals surface area contributed by atoms with Crippen LogP contribution in [0.1, 0.15) is 59.9 Å². The van der Waals surface area contributed by atoms with E-state index >= 15 is 0 Å². The monoisotopic (exact) mass is 459 g/mol. The highest BCUT2D eigenvalue weighted by molar-refractivity contribution is 7.89. The molecular formula is C24H33N3O4S. The SMILES string of the molecule is CCCNC(=O)C1CCN(S(=O)(=O)c2c(C)noc2/C=C/c2c(C)cc(C)cc2C)CC1. The molecule has 1 aliphatic heterocycles.